The lowest BCUT2D eigenvalue weighted by atomic mass is 10.2. The lowest BCUT2D eigenvalue weighted by molar-refractivity contribution is 0.152. The van der Waals surface area contributed by atoms with E-state index in [1.54, 1.807) is 24.3 Å². The highest BCUT2D eigenvalue weighted by Gasteiger charge is 2.07. The van der Waals surface area contributed by atoms with E-state index in [2.05, 4.69) is 0 Å². The van der Waals surface area contributed by atoms with Crippen molar-refractivity contribution in [3.05, 3.63) is 59.7 Å². The Kier molecular flexibility index (Phi) is 3.63. The zero-order valence-electron chi connectivity index (χ0n) is 10.3. The zero-order valence-corrected chi connectivity index (χ0v) is 10.3. The number of aryl methyl sites for hydroxylation is 2. The molecular weight excluding hydrogens is 228 g/mol. The van der Waals surface area contributed by atoms with Crippen LogP contribution < -0.4 is 9.47 Å². The van der Waals surface area contributed by atoms with Crippen LogP contribution in [-0.2, 0) is 0 Å². The second kappa shape index (κ2) is 5.36. The van der Waals surface area contributed by atoms with Crippen LogP contribution in [0.3, 0.4) is 0 Å². The summed E-state index contributed by atoms with van der Waals surface area (Å²) in [6.45, 7) is 3.86. The van der Waals surface area contributed by atoms with Gasteiger partial charge in [-0.05, 0) is 49.2 Å². The van der Waals surface area contributed by atoms with E-state index < -0.39 is 6.16 Å². The molecule has 2 rings (SSSR count). The average Bonchev–Trinajstić information content (AvgIpc) is 2.28. The molecule has 0 atom stereocenters. The zero-order chi connectivity index (χ0) is 13.0. The summed E-state index contributed by atoms with van der Waals surface area (Å²) in [6.07, 6.45) is -0.730. The number of benzene rings is 2. The average molecular weight is 242 g/mol. The van der Waals surface area contributed by atoms with Gasteiger partial charge in [-0.25, -0.2) is 4.79 Å². The first-order chi connectivity index (χ1) is 8.63. The van der Waals surface area contributed by atoms with E-state index in [0.29, 0.717) is 11.5 Å². The molecule has 0 fully saturated rings. The smallest absolute Gasteiger partial charge is 0.395 e. The van der Waals surface area contributed by atoms with Crippen molar-refractivity contribution < 1.29 is 14.3 Å². The molecule has 2 aromatic carbocycles. The van der Waals surface area contributed by atoms with Gasteiger partial charge in [-0.1, -0.05) is 24.3 Å². The molecule has 2 aromatic rings. The van der Waals surface area contributed by atoms with Crippen molar-refractivity contribution in [1.82, 2.24) is 0 Å². The van der Waals surface area contributed by atoms with Crippen LogP contribution in [0.5, 0.6) is 11.5 Å². The van der Waals surface area contributed by atoms with Crippen LogP contribution in [0.4, 0.5) is 4.79 Å². The van der Waals surface area contributed by atoms with Gasteiger partial charge in [0.05, 0.1) is 0 Å². The van der Waals surface area contributed by atoms with E-state index in [4.69, 9.17) is 9.47 Å². The predicted octanol–water partition coefficient (Wildman–Crippen LogP) is 3.88. The number of carbonyl (C=O) groups is 1. The van der Waals surface area contributed by atoms with Gasteiger partial charge in [-0.2, -0.15) is 0 Å². The number of carbonyl (C=O) groups excluding carboxylic acids is 1. The fourth-order valence-electron chi connectivity index (χ4n) is 1.57. The van der Waals surface area contributed by atoms with Crippen LogP contribution in [0, 0.1) is 13.8 Å². The standard InChI is InChI=1S/C15H14O3/c1-11-5-3-7-13(9-11)17-15(16)18-14-8-4-6-12(2)10-14/h3-10H,1-2H3. The highest BCUT2D eigenvalue weighted by molar-refractivity contribution is 5.67. The largest absolute Gasteiger partial charge is 0.519 e. The highest BCUT2D eigenvalue weighted by Crippen LogP contribution is 2.16. The Hall–Kier alpha value is -2.29. The summed E-state index contributed by atoms with van der Waals surface area (Å²) >= 11 is 0. The third-order valence-electron chi connectivity index (χ3n) is 2.38. The van der Waals surface area contributed by atoms with Crippen LogP contribution >= 0.6 is 0 Å². The molecule has 0 aliphatic heterocycles. The molecule has 0 aliphatic carbocycles. The predicted molar refractivity (Wildman–Crippen MR) is 69.0 cm³/mol. The molecule has 0 aromatic heterocycles. The number of rotatable bonds is 2. The molecule has 3 nitrogen and oxygen atoms in total. The third kappa shape index (κ3) is 3.35. The maximum absolute atomic E-state index is 11.6. The Bertz CT molecular complexity index is 512. The van der Waals surface area contributed by atoms with Gasteiger partial charge in [0.15, 0.2) is 0 Å². The molecule has 0 aliphatic rings. The van der Waals surface area contributed by atoms with Crippen LogP contribution in [0.25, 0.3) is 0 Å². The molecule has 0 amide bonds. The fraction of sp³-hybridized carbons (Fsp3) is 0.133. The highest BCUT2D eigenvalue weighted by atomic mass is 16.7. The first-order valence-corrected chi connectivity index (χ1v) is 5.66. The maximum atomic E-state index is 11.6. The summed E-state index contributed by atoms with van der Waals surface area (Å²) in [5.74, 6) is 0.959. The summed E-state index contributed by atoms with van der Waals surface area (Å²) in [7, 11) is 0. The topological polar surface area (TPSA) is 35.5 Å². The van der Waals surface area contributed by atoms with Gasteiger partial charge in [0.2, 0.25) is 0 Å². The lowest BCUT2D eigenvalue weighted by Crippen LogP contribution is -2.13. The van der Waals surface area contributed by atoms with Crippen molar-refractivity contribution in [2.24, 2.45) is 0 Å². The molecule has 3 heteroatoms. The quantitative estimate of drug-likeness (QED) is 0.592. The van der Waals surface area contributed by atoms with Crippen molar-refractivity contribution in [3.8, 4) is 11.5 Å². The van der Waals surface area contributed by atoms with Gasteiger partial charge in [0.1, 0.15) is 11.5 Å². The van der Waals surface area contributed by atoms with Crippen LogP contribution in [-0.4, -0.2) is 6.16 Å². The van der Waals surface area contributed by atoms with Gasteiger partial charge >= 0.3 is 6.16 Å². The Morgan fingerprint density at radius 3 is 1.67 bits per heavy atom. The molecule has 0 saturated carbocycles. The normalized spacial score (nSPS) is 9.89. The maximum Gasteiger partial charge on any atom is 0.519 e. The first kappa shape index (κ1) is 12.2. The van der Waals surface area contributed by atoms with Crippen molar-refractivity contribution in [2.75, 3.05) is 0 Å². The van der Waals surface area contributed by atoms with Crippen molar-refractivity contribution >= 4 is 6.16 Å². The van der Waals surface area contributed by atoms with E-state index in [0.717, 1.165) is 11.1 Å². The minimum atomic E-state index is -0.730. The summed E-state index contributed by atoms with van der Waals surface area (Å²) in [5.41, 5.74) is 2.05. The molecule has 0 bridgehead atoms. The van der Waals surface area contributed by atoms with E-state index in [1.807, 2.05) is 38.1 Å². The Labute approximate surface area is 106 Å². The summed E-state index contributed by atoms with van der Waals surface area (Å²) < 4.78 is 10.2. The van der Waals surface area contributed by atoms with Crippen molar-refractivity contribution in [1.29, 1.82) is 0 Å². The molecule has 92 valence electrons. The molecule has 0 saturated heterocycles. The fourth-order valence-corrected chi connectivity index (χ4v) is 1.57. The van der Waals surface area contributed by atoms with Crippen molar-refractivity contribution in [3.63, 3.8) is 0 Å². The molecule has 0 unspecified atom stereocenters. The van der Waals surface area contributed by atoms with Gasteiger partial charge in [-0.15, -0.1) is 0 Å². The van der Waals surface area contributed by atoms with E-state index >= 15 is 0 Å². The van der Waals surface area contributed by atoms with E-state index in [-0.39, 0.29) is 0 Å². The second-order valence-corrected chi connectivity index (χ2v) is 4.09. The number of hydrogen-bond acceptors (Lipinski definition) is 3. The minimum Gasteiger partial charge on any atom is -0.395 e. The molecular formula is C15H14O3. The van der Waals surface area contributed by atoms with E-state index in [9.17, 15) is 4.79 Å². The minimum absolute atomic E-state index is 0.479. The molecule has 0 heterocycles. The summed E-state index contributed by atoms with van der Waals surface area (Å²) in [4.78, 5) is 11.6. The number of hydrogen-bond donors (Lipinski definition) is 0. The monoisotopic (exact) mass is 242 g/mol. The summed E-state index contributed by atoms with van der Waals surface area (Å²) in [6, 6.07) is 14.5. The van der Waals surface area contributed by atoms with Crippen LogP contribution in [0.1, 0.15) is 11.1 Å². The first-order valence-electron chi connectivity index (χ1n) is 5.66. The van der Waals surface area contributed by atoms with Gasteiger partial charge in [0, 0.05) is 0 Å². The molecule has 0 spiro atoms. The second-order valence-electron chi connectivity index (χ2n) is 4.09. The van der Waals surface area contributed by atoms with Crippen LogP contribution in [0.15, 0.2) is 48.5 Å². The third-order valence-corrected chi connectivity index (χ3v) is 2.38. The lowest BCUT2D eigenvalue weighted by Gasteiger charge is -2.06. The van der Waals surface area contributed by atoms with Gasteiger partial charge < -0.3 is 9.47 Å². The Morgan fingerprint density at radius 1 is 0.833 bits per heavy atom. The molecule has 18 heavy (non-hydrogen) atoms. The van der Waals surface area contributed by atoms with Crippen molar-refractivity contribution in [2.45, 2.75) is 13.8 Å². The Balaban J connectivity index is 2.01. The Morgan fingerprint density at radius 2 is 1.28 bits per heavy atom. The van der Waals surface area contributed by atoms with E-state index in [1.165, 1.54) is 0 Å². The van der Waals surface area contributed by atoms with Gasteiger partial charge in [-0.3, -0.25) is 0 Å². The van der Waals surface area contributed by atoms with Gasteiger partial charge in [0.25, 0.3) is 0 Å². The van der Waals surface area contributed by atoms with Crippen LogP contribution in [0.2, 0.25) is 0 Å². The molecule has 0 N–H and O–H groups in total. The number of ether oxygens (including phenoxy) is 2. The summed E-state index contributed by atoms with van der Waals surface area (Å²) in [5, 5.41) is 0. The molecule has 0 radical (unpaired) electrons. The SMILES string of the molecule is Cc1cccc(OC(=O)Oc2cccc(C)c2)c1.